The van der Waals surface area contributed by atoms with E-state index in [0.717, 1.165) is 34.7 Å². The van der Waals surface area contributed by atoms with E-state index in [2.05, 4.69) is 9.55 Å². The fourth-order valence-corrected chi connectivity index (χ4v) is 3.44. The van der Waals surface area contributed by atoms with Crippen molar-refractivity contribution in [2.45, 2.75) is 26.8 Å². The maximum atomic E-state index is 13.0. The number of imidazole rings is 1. The number of aliphatic carboxylic acids is 1. The number of carboxylic acid groups (broad SMARTS) is 1. The molecule has 7 heteroatoms. The van der Waals surface area contributed by atoms with Crippen LogP contribution in [0.25, 0.3) is 11.0 Å². The molecule has 0 saturated heterocycles. The molecule has 0 bridgehead atoms. The van der Waals surface area contributed by atoms with Gasteiger partial charge in [0.25, 0.3) is 5.91 Å². The van der Waals surface area contributed by atoms with Crippen molar-refractivity contribution in [2.24, 2.45) is 0 Å². The van der Waals surface area contributed by atoms with Gasteiger partial charge in [0.05, 0.1) is 18.1 Å². The van der Waals surface area contributed by atoms with E-state index in [9.17, 15) is 14.7 Å². The lowest BCUT2D eigenvalue weighted by Gasteiger charge is -2.21. The standard InChI is InChI=1S/C22H25N3O4/c1-4-25-15(2)23-19-13-17(7-10-20(19)25)22(28)24(14-21(26)27)12-11-16-5-8-18(29-3)9-6-16/h5-10,13H,4,11-12,14H2,1-3H3,(H,26,27). The quantitative estimate of drug-likeness (QED) is 0.633. The second kappa shape index (κ2) is 8.77. The van der Waals surface area contributed by atoms with E-state index in [1.165, 1.54) is 4.90 Å². The number of rotatable bonds is 8. The van der Waals surface area contributed by atoms with Gasteiger partial charge in [0.2, 0.25) is 0 Å². The summed E-state index contributed by atoms with van der Waals surface area (Å²) >= 11 is 0. The SMILES string of the molecule is CCn1c(C)nc2cc(C(=O)N(CCc3ccc(OC)cc3)CC(=O)O)ccc21. The molecule has 3 rings (SSSR count). The number of nitrogens with zero attached hydrogens (tertiary/aromatic N) is 3. The molecule has 0 saturated carbocycles. The first-order chi connectivity index (χ1) is 13.9. The first-order valence-electron chi connectivity index (χ1n) is 9.53. The molecule has 0 aliphatic carbocycles. The monoisotopic (exact) mass is 395 g/mol. The minimum atomic E-state index is -1.04. The number of aryl methyl sites for hydroxylation is 2. The number of aromatic nitrogens is 2. The molecular weight excluding hydrogens is 370 g/mol. The molecule has 0 aliphatic heterocycles. The molecular formula is C22H25N3O4. The van der Waals surface area contributed by atoms with E-state index in [-0.39, 0.29) is 12.5 Å². The van der Waals surface area contributed by atoms with Crippen molar-refractivity contribution in [1.82, 2.24) is 14.5 Å². The van der Waals surface area contributed by atoms with Gasteiger partial charge in [-0.15, -0.1) is 0 Å². The van der Waals surface area contributed by atoms with E-state index in [0.29, 0.717) is 18.5 Å². The number of hydrogen-bond acceptors (Lipinski definition) is 4. The minimum Gasteiger partial charge on any atom is -0.497 e. The summed E-state index contributed by atoms with van der Waals surface area (Å²) in [6.45, 7) is 4.72. The molecule has 1 aromatic heterocycles. The van der Waals surface area contributed by atoms with Crippen LogP contribution in [-0.4, -0.2) is 51.6 Å². The van der Waals surface area contributed by atoms with Gasteiger partial charge in [-0.3, -0.25) is 9.59 Å². The summed E-state index contributed by atoms with van der Waals surface area (Å²) in [5.74, 6) is 0.281. The molecule has 0 unspecified atom stereocenters. The topological polar surface area (TPSA) is 84.7 Å². The summed E-state index contributed by atoms with van der Waals surface area (Å²) in [5, 5.41) is 9.26. The lowest BCUT2D eigenvalue weighted by Crippen LogP contribution is -2.37. The van der Waals surface area contributed by atoms with Crippen LogP contribution in [0.15, 0.2) is 42.5 Å². The van der Waals surface area contributed by atoms with Crippen molar-refractivity contribution < 1.29 is 19.4 Å². The number of ether oxygens (including phenoxy) is 1. The van der Waals surface area contributed by atoms with Crippen molar-refractivity contribution in [3.8, 4) is 5.75 Å². The molecule has 1 heterocycles. The number of carboxylic acids is 1. The van der Waals surface area contributed by atoms with Crippen LogP contribution in [0.4, 0.5) is 0 Å². The van der Waals surface area contributed by atoms with E-state index >= 15 is 0 Å². The van der Waals surface area contributed by atoms with Crippen molar-refractivity contribution in [1.29, 1.82) is 0 Å². The second-order valence-corrected chi connectivity index (χ2v) is 6.83. The van der Waals surface area contributed by atoms with Gasteiger partial charge in [0, 0.05) is 18.7 Å². The van der Waals surface area contributed by atoms with E-state index in [1.54, 1.807) is 19.2 Å². The van der Waals surface area contributed by atoms with Gasteiger partial charge in [-0.25, -0.2) is 4.98 Å². The zero-order valence-electron chi connectivity index (χ0n) is 16.9. The van der Waals surface area contributed by atoms with E-state index in [4.69, 9.17) is 4.74 Å². The fraction of sp³-hybridized carbons (Fsp3) is 0.318. The average molecular weight is 395 g/mol. The third-order valence-corrected chi connectivity index (χ3v) is 4.95. The molecule has 1 N–H and O–H groups in total. The summed E-state index contributed by atoms with van der Waals surface area (Å²) in [6, 6.07) is 12.9. The van der Waals surface area contributed by atoms with Crippen molar-refractivity contribution in [3.05, 3.63) is 59.4 Å². The molecule has 0 fully saturated rings. The molecule has 29 heavy (non-hydrogen) atoms. The van der Waals surface area contributed by atoms with Gasteiger partial charge in [0.1, 0.15) is 18.1 Å². The van der Waals surface area contributed by atoms with Crippen LogP contribution in [0.3, 0.4) is 0 Å². The lowest BCUT2D eigenvalue weighted by molar-refractivity contribution is -0.137. The Kier molecular flexibility index (Phi) is 6.16. The minimum absolute atomic E-state index is 0.303. The van der Waals surface area contributed by atoms with Crippen LogP contribution in [0, 0.1) is 6.92 Å². The molecule has 2 aromatic carbocycles. The average Bonchev–Trinajstić information content (AvgIpc) is 3.04. The molecule has 1 amide bonds. The van der Waals surface area contributed by atoms with Crippen molar-refractivity contribution in [3.63, 3.8) is 0 Å². The number of carbonyl (C=O) groups is 2. The highest BCUT2D eigenvalue weighted by Gasteiger charge is 2.20. The van der Waals surface area contributed by atoms with Crippen LogP contribution < -0.4 is 4.74 Å². The van der Waals surface area contributed by atoms with Gasteiger partial charge in [-0.05, 0) is 56.2 Å². The van der Waals surface area contributed by atoms with E-state index < -0.39 is 5.97 Å². The highest BCUT2D eigenvalue weighted by molar-refractivity contribution is 5.98. The summed E-state index contributed by atoms with van der Waals surface area (Å²) in [4.78, 5) is 30.2. The van der Waals surface area contributed by atoms with Crippen molar-refractivity contribution in [2.75, 3.05) is 20.2 Å². The first kappa shape index (κ1) is 20.4. The van der Waals surface area contributed by atoms with Gasteiger partial charge in [-0.2, -0.15) is 0 Å². The zero-order valence-corrected chi connectivity index (χ0v) is 16.9. The summed E-state index contributed by atoms with van der Waals surface area (Å²) in [5.41, 5.74) is 3.14. The Hall–Kier alpha value is -3.35. The molecule has 0 aliphatic rings. The van der Waals surface area contributed by atoms with Crippen molar-refractivity contribution >= 4 is 22.9 Å². The Bertz CT molecular complexity index is 1020. The maximum Gasteiger partial charge on any atom is 0.323 e. The van der Waals surface area contributed by atoms with Gasteiger partial charge in [-0.1, -0.05) is 12.1 Å². The first-order valence-corrected chi connectivity index (χ1v) is 9.53. The molecule has 152 valence electrons. The highest BCUT2D eigenvalue weighted by atomic mass is 16.5. The normalized spacial score (nSPS) is 10.9. The Morgan fingerprint density at radius 1 is 1.17 bits per heavy atom. The Labute approximate surface area is 169 Å². The number of fused-ring (bicyclic) bond motifs is 1. The largest absolute Gasteiger partial charge is 0.497 e. The predicted octanol–water partition coefficient (Wildman–Crippen LogP) is 3.14. The Balaban J connectivity index is 1.80. The zero-order chi connectivity index (χ0) is 21.0. The third-order valence-electron chi connectivity index (χ3n) is 4.95. The van der Waals surface area contributed by atoms with Crippen LogP contribution >= 0.6 is 0 Å². The van der Waals surface area contributed by atoms with Crippen LogP contribution in [-0.2, 0) is 17.8 Å². The summed E-state index contributed by atoms with van der Waals surface area (Å²) in [7, 11) is 1.60. The fourth-order valence-electron chi connectivity index (χ4n) is 3.44. The number of benzene rings is 2. The summed E-state index contributed by atoms with van der Waals surface area (Å²) < 4.78 is 7.22. The number of amides is 1. The Morgan fingerprint density at radius 3 is 2.52 bits per heavy atom. The lowest BCUT2D eigenvalue weighted by atomic mass is 10.1. The van der Waals surface area contributed by atoms with Gasteiger partial charge in [0.15, 0.2) is 0 Å². The number of methoxy groups -OCH3 is 1. The molecule has 7 nitrogen and oxygen atoms in total. The third kappa shape index (κ3) is 4.56. The van der Waals surface area contributed by atoms with Gasteiger partial charge < -0.3 is 19.3 Å². The molecule has 0 radical (unpaired) electrons. The maximum absolute atomic E-state index is 13.0. The predicted molar refractivity (Wildman–Crippen MR) is 110 cm³/mol. The van der Waals surface area contributed by atoms with E-state index in [1.807, 2.05) is 44.2 Å². The van der Waals surface area contributed by atoms with Crippen LogP contribution in [0.2, 0.25) is 0 Å². The smallest absolute Gasteiger partial charge is 0.323 e. The number of carbonyl (C=O) groups excluding carboxylic acids is 1. The van der Waals surface area contributed by atoms with Crippen LogP contribution in [0.1, 0.15) is 28.7 Å². The van der Waals surface area contributed by atoms with Gasteiger partial charge >= 0.3 is 5.97 Å². The van der Waals surface area contributed by atoms with Crippen LogP contribution in [0.5, 0.6) is 5.75 Å². The summed E-state index contributed by atoms with van der Waals surface area (Å²) in [6.07, 6.45) is 0.550. The Morgan fingerprint density at radius 2 is 1.90 bits per heavy atom. The molecule has 0 spiro atoms. The molecule has 0 atom stereocenters. The highest BCUT2D eigenvalue weighted by Crippen LogP contribution is 2.19. The molecule has 3 aromatic rings. The second-order valence-electron chi connectivity index (χ2n) is 6.83. The number of hydrogen-bond donors (Lipinski definition) is 1.